The first-order valence-corrected chi connectivity index (χ1v) is 10.1. The molecule has 0 aliphatic heterocycles. The fourth-order valence-electron chi connectivity index (χ4n) is 2.00. The number of carbonyl (C=O) groups is 1. The van der Waals surface area contributed by atoms with Crippen molar-refractivity contribution in [2.45, 2.75) is 4.34 Å². The molecule has 3 aromatic rings. The lowest BCUT2D eigenvalue weighted by atomic mass is 10.2. The Bertz CT molecular complexity index is 900. The minimum atomic E-state index is -0.193. The van der Waals surface area contributed by atoms with Gasteiger partial charge in [-0.05, 0) is 12.1 Å². The summed E-state index contributed by atoms with van der Waals surface area (Å²) in [7, 11) is 0. The van der Waals surface area contributed by atoms with Gasteiger partial charge in [-0.25, -0.2) is 4.98 Å². The SMILES string of the molecule is O=C(CSc1nc(-c2ccccc2)cs1)Nc1cc(Cl)c(Cl)cc1Cl. The molecule has 1 N–H and O–H groups in total. The van der Waals surface area contributed by atoms with Crippen LogP contribution >= 0.6 is 57.9 Å². The van der Waals surface area contributed by atoms with Crippen LogP contribution in [0.15, 0.2) is 52.2 Å². The Hall–Kier alpha value is -1.24. The second-order valence-corrected chi connectivity index (χ2v) is 8.25. The Balaban J connectivity index is 1.60. The molecule has 1 amide bonds. The molecule has 1 heterocycles. The van der Waals surface area contributed by atoms with E-state index in [0.717, 1.165) is 15.6 Å². The largest absolute Gasteiger partial charge is 0.324 e. The molecule has 3 rings (SSSR count). The van der Waals surface area contributed by atoms with Gasteiger partial charge in [0.2, 0.25) is 5.91 Å². The van der Waals surface area contributed by atoms with Crippen molar-refractivity contribution in [1.29, 1.82) is 0 Å². The normalized spacial score (nSPS) is 10.7. The van der Waals surface area contributed by atoms with Crippen LogP contribution in [-0.2, 0) is 4.79 Å². The Kier molecular flexibility index (Phi) is 6.25. The molecule has 0 aliphatic rings. The van der Waals surface area contributed by atoms with Crippen molar-refractivity contribution in [3.8, 4) is 11.3 Å². The molecule has 0 spiro atoms. The summed E-state index contributed by atoms with van der Waals surface area (Å²) in [6.45, 7) is 0. The minimum Gasteiger partial charge on any atom is -0.324 e. The number of thiazole rings is 1. The molecule has 3 nitrogen and oxygen atoms in total. The minimum absolute atomic E-state index is 0.193. The van der Waals surface area contributed by atoms with E-state index in [2.05, 4.69) is 10.3 Å². The Morgan fingerprint density at radius 3 is 2.56 bits per heavy atom. The number of hydrogen-bond acceptors (Lipinski definition) is 4. The lowest BCUT2D eigenvalue weighted by Crippen LogP contribution is -2.14. The highest BCUT2D eigenvalue weighted by atomic mass is 35.5. The lowest BCUT2D eigenvalue weighted by Gasteiger charge is -2.08. The summed E-state index contributed by atoms with van der Waals surface area (Å²) < 4.78 is 0.828. The zero-order valence-corrected chi connectivity index (χ0v) is 16.5. The third-order valence-corrected chi connectivity index (χ3v) is 6.22. The van der Waals surface area contributed by atoms with Crippen LogP contribution in [0.2, 0.25) is 15.1 Å². The molecule has 25 heavy (non-hydrogen) atoms. The number of nitrogens with one attached hydrogen (secondary N) is 1. The highest BCUT2D eigenvalue weighted by molar-refractivity contribution is 8.01. The van der Waals surface area contributed by atoms with Gasteiger partial charge in [-0.15, -0.1) is 11.3 Å². The molecule has 0 unspecified atom stereocenters. The van der Waals surface area contributed by atoms with E-state index in [1.165, 1.54) is 35.2 Å². The highest BCUT2D eigenvalue weighted by Gasteiger charge is 2.11. The van der Waals surface area contributed by atoms with Crippen molar-refractivity contribution >= 4 is 69.5 Å². The van der Waals surface area contributed by atoms with Crippen LogP contribution in [0.5, 0.6) is 0 Å². The number of thioether (sulfide) groups is 1. The molecule has 8 heteroatoms. The van der Waals surface area contributed by atoms with Crippen molar-refractivity contribution in [1.82, 2.24) is 4.98 Å². The van der Waals surface area contributed by atoms with Crippen LogP contribution in [0, 0.1) is 0 Å². The second-order valence-electron chi connectivity index (χ2n) is 4.95. The lowest BCUT2D eigenvalue weighted by molar-refractivity contribution is -0.113. The van der Waals surface area contributed by atoms with E-state index in [9.17, 15) is 4.79 Å². The summed E-state index contributed by atoms with van der Waals surface area (Å²) in [4.78, 5) is 16.7. The van der Waals surface area contributed by atoms with Crippen LogP contribution in [0.1, 0.15) is 0 Å². The molecule has 0 saturated carbocycles. The van der Waals surface area contributed by atoms with Gasteiger partial charge in [-0.3, -0.25) is 4.79 Å². The van der Waals surface area contributed by atoms with Gasteiger partial charge in [0, 0.05) is 10.9 Å². The number of nitrogens with zero attached hydrogens (tertiary/aromatic N) is 1. The molecule has 0 aliphatic carbocycles. The maximum Gasteiger partial charge on any atom is 0.234 e. The number of hydrogen-bond donors (Lipinski definition) is 1. The second kappa shape index (κ2) is 8.43. The van der Waals surface area contributed by atoms with Gasteiger partial charge < -0.3 is 5.32 Å². The Morgan fingerprint density at radius 1 is 1.08 bits per heavy atom. The quantitative estimate of drug-likeness (QED) is 0.372. The Morgan fingerprint density at radius 2 is 1.80 bits per heavy atom. The van der Waals surface area contributed by atoms with Crippen molar-refractivity contribution in [3.63, 3.8) is 0 Å². The van der Waals surface area contributed by atoms with Crippen LogP contribution in [-0.4, -0.2) is 16.6 Å². The molecule has 0 radical (unpaired) electrons. The number of benzene rings is 2. The van der Waals surface area contributed by atoms with E-state index in [1.54, 1.807) is 0 Å². The van der Waals surface area contributed by atoms with Crippen molar-refractivity contribution in [3.05, 3.63) is 62.9 Å². The third-order valence-electron chi connectivity index (χ3n) is 3.16. The number of anilines is 1. The van der Waals surface area contributed by atoms with Crippen LogP contribution in [0.3, 0.4) is 0 Å². The summed E-state index contributed by atoms with van der Waals surface area (Å²) in [6.07, 6.45) is 0. The average Bonchev–Trinajstić information content (AvgIpc) is 3.08. The van der Waals surface area contributed by atoms with Crippen molar-refractivity contribution < 1.29 is 4.79 Å². The van der Waals surface area contributed by atoms with E-state index in [4.69, 9.17) is 34.8 Å². The summed E-state index contributed by atoms with van der Waals surface area (Å²) in [5.74, 6) is 0.0277. The third kappa shape index (κ3) is 4.90. The van der Waals surface area contributed by atoms with Crippen LogP contribution in [0.4, 0.5) is 5.69 Å². The topological polar surface area (TPSA) is 42.0 Å². The standard InChI is InChI=1S/C17H11Cl3N2OS2/c18-11-6-13(20)14(7-12(11)19)21-16(23)9-25-17-22-15(8-24-17)10-4-2-1-3-5-10/h1-8H,9H2,(H,21,23). The van der Waals surface area contributed by atoms with Crippen molar-refractivity contribution in [2.24, 2.45) is 0 Å². The molecule has 0 atom stereocenters. The molecular formula is C17H11Cl3N2OS2. The molecular weight excluding hydrogens is 419 g/mol. The highest BCUT2D eigenvalue weighted by Crippen LogP contribution is 2.33. The summed E-state index contributed by atoms with van der Waals surface area (Å²) in [5, 5.41) is 5.73. The van der Waals surface area contributed by atoms with Gasteiger partial charge in [0.1, 0.15) is 0 Å². The van der Waals surface area contributed by atoms with Crippen LogP contribution < -0.4 is 5.32 Å². The van der Waals surface area contributed by atoms with E-state index in [0.29, 0.717) is 20.8 Å². The molecule has 0 saturated heterocycles. The summed E-state index contributed by atoms with van der Waals surface area (Å²) in [6, 6.07) is 12.9. The monoisotopic (exact) mass is 428 g/mol. The van der Waals surface area contributed by atoms with Gasteiger partial charge in [-0.2, -0.15) is 0 Å². The van der Waals surface area contributed by atoms with E-state index < -0.39 is 0 Å². The summed E-state index contributed by atoms with van der Waals surface area (Å²) >= 11 is 20.8. The fourth-order valence-corrected chi connectivity index (χ4v) is 4.23. The molecule has 128 valence electrons. The maximum absolute atomic E-state index is 12.1. The van der Waals surface area contributed by atoms with E-state index >= 15 is 0 Å². The van der Waals surface area contributed by atoms with Crippen LogP contribution in [0.25, 0.3) is 11.3 Å². The van der Waals surface area contributed by atoms with Gasteiger partial charge in [-0.1, -0.05) is 76.9 Å². The first-order valence-electron chi connectivity index (χ1n) is 7.11. The average molecular weight is 430 g/mol. The first-order chi connectivity index (χ1) is 12.0. The molecule has 0 fully saturated rings. The molecule has 0 bridgehead atoms. The zero-order chi connectivity index (χ0) is 17.8. The van der Waals surface area contributed by atoms with Gasteiger partial charge >= 0.3 is 0 Å². The van der Waals surface area contributed by atoms with Crippen molar-refractivity contribution in [2.75, 3.05) is 11.1 Å². The number of aromatic nitrogens is 1. The predicted molar refractivity (Wildman–Crippen MR) is 108 cm³/mol. The Labute approximate surface area is 168 Å². The van der Waals surface area contributed by atoms with E-state index in [-0.39, 0.29) is 11.7 Å². The van der Waals surface area contributed by atoms with Gasteiger partial charge in [0.05, 0.1) is 32.2 Å². The van der Waals surface area contributed by atoms with E-state index in [1.807, 2.05) is 35.7 Å². The summed E-state index contributed by atoms with van der Waals surface area (Å²) in [5.41, 5.74) is 2.39. The number of carbonyl (C=O) groups excluding carboxylic acids is 1. The number of amides is 1. The van der Waals surface area contributed by atoms with Gasteiger partial charge in [0.15, 0.2) is 4.34 Å². The van der Waals surface area contributed by atoms with Gasteiger partial charge in [0.25, 0.3) is 0 Å². The fraction of sp³-hybridized carbons (Fsp3) is 0.0588. The molecule has 2 aromatic carbocycles. The molecule has 1 aromatic heterocycles. The maximum atomic E-state index is 12.1. The first kappa shape index (κ1) is 18.5. The number of halogens is 3. The smallest absolute Gasteiger partial charge is 0.234 e. The predicted octanol–water partition coefficient (Wildman–Crippen LogP) is 6.50. The zero-order valence-electron chi connectivity index (χ0n) is 12.6. The number of rotatable bonds is 5.